The summed E-state index contributed by atoms with van der Waals surface area (Å²) in [7, 11) is 0. The van der Waals surface area contributed by atoms with Gasteiger partial charge in [-0.15, -0.1) is 0 Å². The molecule has 0 atom stereocenters. The Morgan fingerprint density at radius 3 is 2.22 bits per heavy atom. The van der Waals surface area contributed by atoms with Crippen LogP contribution in [-0.4, -0.2) is 0 Å². The standard InChI is InChI=1S/C13H7BrCl3F/c14-6-7-1-2-13(18)9(3-7)8-4-11(16)12(17)5-10(8)15/h1-5H,6H2. The van der Waals surface area contributed by atoms with Gasteiger partial charge in [-0.2, -0.15) is 0 Å². The summed E-state index contributed by atoms with van der Waals surface area (Å²) in [5.74, 6) is -0.347. The molecule has 0 aliphatic carbocycles. The molecule has 0 nitrogen and oxygen atoms in total. The van der Waals surface area contributed by atoms with Crippen LogP contribution in [0.1, 0.15) is 5.56 Å². The highest BCUT2D eigenvalue weighted by atomic mass is 79.9. The molecule has 0 saturated carbocycles. The van der Waals surface area contributed by atoms with Gasteiger partial charge in [0.1, 0.15) is 5.82 Å². The molecular formula is C13H7BrCl3F. The van der Waals surface area contributed by atoms with Crippen LogP contribution >= 0.6 is 50.7 Å². The second-order valence-corrected chi connectivity index (χ2v) is 5.48. The van der Waals surface area contributed by atoms with Gasteiger partial charge < -0.3 is 0 Å². The van der Waals surface area contributed by atoms with Gasteiger partial charge in [-0.05, 0) is 29.8 Å². The normalized spacial score (nSPS) is 10.7. The quantitative estimate of drug-likeness (QED) is 0.428. The van der Waals surface area contributed by atoms with E-state index < -0.39 is 0 Å². The van der Waals surface area contributed by atoms with Crippen molar-refractivity contribution < 1.29 is 4.39 Å². The van der Waals surface area contributed by atoms with E-state index in [1.165, 1.54) is 12.1 Å². The lowest BCUT2D eigenvalue weighted by atomic mass is 10.0. The van der Waals surface area contributed by atoms with Crippen LogP contribution in [0.5, 0.6) is 0 Å². The molecule has 2 rings (SSSR count). The van der Waals surface area contributed by atoms with Crippen molar-refractivity contribution in [2.45, 2.75) is 5.33 Å². The van der Waals surface area contributed by atoms with Gasteiger partial charge in [0.05, 0.1) is 15.1 Å². The first-order chi connectivity index (χ1) is 8.52. The summed E-state index contributed by atoms with van der Waals surface area (Å²) >= 11 is 21.2. The third-order valence-electron chi connectivity index (χ3n) is 2.49. The van der Waals surface area contributed by atoms with Crippen molar-refractivity contribution in [3.63, 3.8) is 0 Å². The van der Waals surface area contributed by atoms with Crippen molar-refractivity contribution >= 4 is 50.7 Å². The number of rotatable bonds is 2. The molecular weight excluding hydrogens is 361 g/mol. The third-order valence-corrected chi connectivity index (χ3v) is 4.17. The van der Waals surface area contributed by atoms with Crippen LogP contribution in [0.25, 0.3) is 11.1 Å². The summed E-state index contributed by atoms with van der Waals surface area (Å²) in [5.41, 5.74) is 1.90. The molecule has 0 fully saturated rings. The lowest BCUT2D eigenvalue weighted by molar-refractivity contribution is 0.631. The maximum Gasteiger partial charge on any atom is 0.131 e. The molecule has 0 aromatic heterocycles. The van der Waals surface area contributed by atoms with Crippen molar-refractivity contribution in [3.8, 4) is 11.1 Å². The number of halogens is 5. The van der Waals surface area contributed by atoms with Crippen LogP contribution in [0.15, 0.2) is 30.3 Å². The molecule has 94 valence electrons. The number of alkyl halides is 1. The van der Waals surface area contributed by atoms with Crippen LogP contribution in [0, 0.1) is 5.82 Å². The summed E-state index contributed by atoms with van der Waals surface area (Å²) in [4.78, 5) is 0. The summed E-state index contributed by atoms with van der Waals surface area (Å²) in [5, 5.41) is 1.70. The van der Waals surface area contributed by atoms with E-state index in [0.29, 0.717) is 31.5 Å². The zero-order valence-corrected chi connectivity index (χ0v) is 12.8. The Hall–Kier alpha value is -0.280. The van der Waals surface area contributed by atoms with Gasteiger partial charge in [0, 0.05) is 16.5 Å². The molecule has 0 aliphatic rings. The first-order valence-electron chi connectivity index (χ1n) is 5.02. The Morgan fingerprint density at radius 1 is 0.889 bits per heavy atom. The topological polar surface area (TPSA) is 0 Å². The monoisotopic (exact) mass is 366 g/mol. The van der Waals surface area contributed by atoms with Gasteiger partial charge in [-0.3, -0.25) is 0 Å². The van der Waals surface area contributed by atoms with Crippen LogP contribution < -0.4 is 0 Å². The fraction of sp³-hybridized carbons (Fsp3) is 0.0769. The van der Waals surface area contributed by atoms with Crippen molar-refractivity contribution in [1.82, 2.24) is 0 Å². The molecule has 0 amide bonds. The predicted octanol–water partition coefficient (Wildman–Crippen LogP) is 6.35. The highest BCUT2D eigenvalue weighted by Gasteiger charge is 2.12. The van der Waals surface area contributed by atoms with Gasteiger partial charge in [0.25, 0.3) is 0 Å². The lowest BCUT2D eigenvalue weighted by Crippen LogP contribution is -1.89. The summed E-state index contributed by atoms with van der Waals surface area (Å²) in [6, 6.07) is 7.93. The van der Waals surface area contributed by atoms with E-state index >= 15 is 0 Å². The molecule has 0 spiro atoms. The number of hydrogen-bond donors (Lipinski definition) is 0. The van der Waals surface area contributed by atoms with Gasteiger partial charge in [-0.25, -0.2) is 4.39 Å². The van der Waals surface area contributed by atoms with Gasteiger partial charge in [0.2, 0.25) is 0 Å². The zero-order chi connectivity index (χ0) is 13.3. The third kappa shape index (κ3) is 2.83. The average Bonchev–Trinajstić information content (AvgIpc) is 2.35. The molecule has 18 heavy (non-hydrogen) atoms. The smallest absolute Gasteiger partial charge is 0.131 e. The highest BCUT2D eigenvalue weighted by Crippen LogP contribution is 2.36. The van der Waals surface area contributed by atoms with E-state index in [2.05, 4.69) is 15.9 Å². The molecule has 0 unspecified atom stereocenters. The molecule has 0 saturated heterocycles. The maximum atomic E-state index is 13.9. The molecule has 2 aromatic carbocycles. The minimum atomic E-state index is -0.347. The molecule has 0 N–H and O–H groups in total. The maximum absolute atomic E-state index is 13.9. The first-order valence-corrected chi connectivity index (χ1v) is 7.27. The van der Waals surface area contributed by atoms with Crippen molar-refractivity contribution in [2.24, 2.45) is 0 Å². The Morgan fingerprint density at radius 2 is 1.56 bits per heavy atom. The molecule has 0 radical (unpaired) electrons. The molecule has 5 heteroatoms. The van der Waals surface area contributed by atoms with Gasteiger partial charge >= 0.3 is 0 Å². The van der Waals surface area contributed by atoms with Crippen LogP contribution in [0.3, 0.4) is 0 Å². The van der Waals surface area contributed by atoms with Gasteiger partial charge in [-0.1, -0.05) is 56.8 Å². The van der Waals surface area contributed by atoms with E-state index in [9.17, 15) is 4.39 Å². The van der Waals surface area contributed by atoms with Crippen molar-refractivity contribution in [2.75, 3.05) is 0 Å². The molecule has 0 heterocycles. The average molecular weight is 368 g/mol. The van der Waals surface area contributed by atoms with Crippen LogP contribution in [0.2, 0.25) is 15.1 Å². The second-order valence-electron chi connectivity index (χ2n) is 3.69. The van der Waals surface area contributed by atoms with E-state index in [0.717, 1.165) is 5.56 Å². The predicted molar refractivity (Wildman–Crippen MR) is 79.5 cm³/mol. The minimum Gasteiger partial charge on any atom is -0.206 e. The first kappa shape index (κ1) is 14.1. The highest BCUT2D eigenvalue weighted by molar-refractivity contribution is 9.08. The van der Waals surface area contributed by atoms with Crippen molar-refractivity contribution in [3.05, 3.63) is 56.8 Å². The molecule has 2 aromatic rings. The zero-order valence-electron chi connectivity index (χ0n) is 8.98. The second kappa shape index (κ2) is 5.79. The summed E-state index contributed by atoms with van der Waals surface area (Å²) in [6.07, 6.45) is 0. The van der Waals surface area contributed by atoms with E-state index in [1.54, 1.807) is 18.2 Å². The van der Waals surface area contributed by atoms with E-state index in [4.69, 9.17) is 34.8 Å². The van der Waals surface area contributed by atoms with Gasteiger partial charge in [0.15, 0.2) is 0 Å². The fourth-order valence-corrected chi connectivity index (χ4v) is 2.59. The molecule has 0 aliphatic heterocycles. The number of benzene rings is 2. The number of hydrogen-bond acceptors (Lipinski definition) is 0. The SMILES string of the molecule is Fc1ccc(CBr)cc1-c1cc(Cl)c(Cl)cc1Cl. The largest absolute Gasteiger partial charge is 0.206 e. The Kier molecular flexibility index (Phi) is 4.54. The Labute approximate surface area is 128 Å². The minimum absolute atomic E-state index is 0.347. The summed E-state index contributed by atoms with van der Waals surface area (Å²) < 4.78 is 13.9. The Bertz CT molecular complexity index is 599. The van der Waals surface area contributed by atoms with Crippen molar-refractivity contribution in [1.29, 1.82) is 0 Å². The summed E-state index contributed by atoms with van der Waals surface area (Å²) in [6.45, 7) is 0. The van der Waals surface area contributed by atoms with Crippen LogP contribution in [-0.2, 0) is 5.33 Å². The molecule has 0 bridgehead atoms. The fourth-order valence-electron chi connectivity index (χ4n) is 1.59. The lowest BCUT2D eigenvalue weighted by Gasteiger charge is -2.09. The van der Waals surface area contributed by atoms with E-state index in [-0.39, 0.29) is 5.82 Å². The van der Waals surface area contributed by atoms with E-state index in [1.807, 2.05) is 0 Å². The van der Waals surface area contributed by atoms with Crippen LogP contribution in [0.4, 0.5) is 4.39 Å². The Balaban J connectivity index is 2.64.